The van der Waals surface area contributed by atoms with Gasteiger partial charge in [-0.3, -0.25) is 4.79 Å². The standard InChI is InChI=1S/C24H33N7O4.C2H6/c1-15(24(2,3)33)27-21(32)20-28-22(30-23(29-20)35-13-12-34-4)31-10-7-16(8-11-31)18-14-26-19-17(18)6-5-9-25-19;1-2/h5-6,9,14-16,33H,7-8,10-13H2,1-4H3,(H,25,26)(H,27,32);1-2H3. The molecule has 0 aliphatic carbocycles. The van der Waals surface area contributed by atoms with Crippen molar-refractivity contribution >= 4 is 22.9 Å². The number of nitrogens with one attached hydrogen (secondary N) is 2. The Hall–Kier alpha value is -3.31. The Kier molecular flexibility index (Phi) is 9.76. The van der Waals surface area contributed by atoms with E-state index in [1.807, 2.05) is 24.8 Å². The first-order valence-electron chi connectivity index (χ1n) is 12.8. The van der Waals surface area contributed by atoms with E-state index in [0.717, 1.165) is 37.0 Å². The second-order valence-electron chi connectivity index (χ2n) is 9.34. The average molecular weight is 514 g/mol. The maximum Gasteiger partial charge on any atom is 0.322 e. The molecule has 0 spiro atoms. The van der Waals surface area contributed by atoms with E-state index in [1.165, 1.54) is 5.56 Å². The van der Waals surface area contributed by atoms with Crippen molar-refractivity contribution in [1.82, 2.24) is 30.2 Å². The van der Waals surface area contributed by atoms with E-state index in [9.17, 15) is 9.90 Å². The van der Waals surface area contributed by atoms with Crippen LogP contribution in [0.25, 0.3) is 11.0 Å². The molecule has 1 aliphatic heterocycles. The monoisotopic (exact) mass is 513 g/mol. The molecule has 1 unspecified atom stereocenters. The number of aliphatic hydroxyl groups is 1. The van der Waals surface area contributed by atoms with Crippen LogP contribution >= 0.6 is 0 Å². The Morgan fingerprint density at radius 2 is 1.97 bits per heavy atom. The Morgan fingerprint density at radius 1 is 1.24 bits per heavy atom. The van der Waals surface area contributed by atoms with Crippen molar-refractivity contribution in [3.8, 4) is 6.01 Å². The molecule has 37 heavy (non-hydrogen) atoms. The molecule has 4 rings (SSSR count). The van der Waals surface area contributed by atoms with Gasteiger partial charge in [-0.25, -0.2) is 4.98 Å². The van der Waals surface area contributed by atoms with Crippen molar-refractivity contribution in [3.05, 3.63) is 35.9 Å². The van der Waals surface area contributed by atoms with Gasteiger partial charge in [0.2, 0.25) is 11.8 Å². The molecule has 0 aromatic carbocycles. The van der Waals surface area contributed by atoms with Crippen LogP contribution in [0.15, 0.2) is 24.5 Å². The molecule has 3 aromatic rings. The number of carbonyl (C=O) groups excluding carboxylic acids is 1. The summed E-state index contributed by atoms with van der Waals surface area (Å²) in [4.78, 5) is 35.7. The number of carbonyl (C=O) groups is 1. The predicted octanol–water partition coefficient (Wildman–Crippen LogP) is 3.07. The van der Waals surface area contributed by atoms with E-state index in [2.05, 4.69) is 42.5 Å². The normalized spacial score (nSPS) is 15.2. The van der Waals surface area contributed by atoms with Crippen molar-refractivity contribution in [2.24, 2.45) is 0 Å². The molecule has 0 saturated carbocycles. The lowest BCUT2D eigenvalue weighted by Crippen LogP contribution is -2.47. The topological polar surface area (TPSA) is 138 Å². The second kappa shape index (κ2) is 12.8. The van der Waals surface area contributed by atoms with Crippen LogP contribution in [0.5, 0.6) is 6.01 Å². The summed E-state index contributed by atoms with van der Waals surface area (Å²) in [6, 6.07) is 3.61. The second-order valence-corrected chi connectivity index (χ2v) is 9.34. The van der Waals surface area contributed by atoms with Crippen LogP contribution in [0.1, 0.15) is 69.6 Å². The van der Waals surface area contributed by atoms with Gasteiger partial charge in [0.25, 0.3) is 5.91 Å². The van der Waals surface area contributed by atoms with E-state index < -0.39 is 17.6 Å². The van der Waals surface area contributed by atoms with Crippen LogP contribution in [0.3, 0.4) is 0 Å². The number of amides is 1. The molecule has 11 nitrogen and oxygen atoms in total. The smallest absolute Gasteiger partial charge is 0.322 e. The van der Waals surface area contributed by atoms with Gasteiger partial charge in [0.1, 0.15) is 12.3 Å². The van der Waals surface area contributed by atoms with Crippen LogP contribution in [0.2, 0.25) is 0 Å². The first-order valence-corrected chi connectivity index (χ1v) is 12.8. The van der Waals surface area contributed by atoms with Crippen molar-refractivity contribution in [2.75, 3.05) is 38.3 Å². The third kappa shape index (κ3) is 7.14. The fourth-order valence-corrected chi connectivity index (χ4v) is 4.01. The fraction of sp³-hybridized carbons (Fsp3) is 0.577. The number of aromatic nitrogens is 5. The number of methoxy groups -OCH3 is 1. The Labute approximate surface area is 218 Å². The number of hydrogen-bond donors (Lipinski definition) is 3. The van der Waals surface area contributed by atoms with Gasteiger partial charge in [-0.05, 0) is 57.2 Å². The van der Waals surface area contributed by atoms with E-state index in [-0.39, 0.29) is 18.4 Å². The SMILES string of the molecule is CC.COCCOc1nc(C(=O)NC(C)C(C)(C)O)nc(N2CCC(c3c[nH]c4ncccc34)CC2)n1. The molecule has 3 N–H and O–H groups in total. The molecule has 0 radical (unpaired) electrons. The Morgan fingerprint density at radius 3 is 2.65 bits per heavy atom. The van der Waals surface area contributed by atoms with Gasteiger partial charge in [-0.2, -0.15) is 15.0 Å². The van der Waals surface area contributed by atoms with Crippen LogP contribution in [0, 0.1) is 0 Å². The highest BCUT2D eigenvalue weighted by Crippen LogP contribution is 2.33. The van der Waals surface area contributed by atoms with E-state index in [0.29, 0.717) is 18.5 Å². The number of rotatable bonds is 9. The number of anilines is 1. The summed E-state index contributed by atoms with van der Waals surface area (Å²) >= 11 is 0. The van der Waals surface area contributed by atoms with Crippen LogP contribution < -0.4 is 15.0 Å². The minimum absolute atomic E-state index is 0.0525. The van der Waals surface area contributed by atoms with Crippen LogP contribution in [-0.4, -0.2) is 81.0 Å². The highest BCUT2D eigenvalue weighted by molar-refractivity contribution is 5.91. The van der Waals surface area contributed by atoms with Gasteiger partial charge < -0.3 is 29.8 Å². The molecule has 1 amide bonds. The van der Waals surface area contributed by atoms with E-state index in [1.54, 1.807) is 34.1 Å². The van der Waals surface area contributed by atoms with Gasteiger partial charge in [-0.1, -0.05) is 13.8 Å². The number of nitrogens with zero attached hydrogens (tertiary/aromatic N) is 5. The Balaban J connectivity index is 0.00000186. The molecule has 202 valence electrons. The molecular weight excluding hydrogens is 474 g/mol. The molecule has 4 heterocycles. The summed E-state index contributed by atoms with van der Waals surface area (Å²) < 4.78 is 10.6. The lowest BCUT2D eigenvalue weighted by atomic mass is 9.89. The summed E-state index contributed by atoms with van der Waals surface area (Å²) in [5.41, 5.74) is 1.08. The van der Waals surface area contributed by atoms with Crippen molar-refractivity contribution in [3.63, 3.8) is 0 Å². The van der Waals surface area contributed by atoms with Gasteiger partial charge >= 0.3 is 6.01 Å². The molecule has 1 saturated heterocycles. The minimum Gasteiger partial charge on any atom is -0.461 e. The first kappa shape index (κ1) is 28.3. The number of hydrogen-bond acceptors (Lipinski definition) is 9. The lowest BCUT2D eigenvalue weighted by Gasteiger charge is -2.32. The van der Waals surface area contributed by atoms with Crippen molar-refractivity contribution in [1.29, 1.82) is 0 Å². The number of aromatic amines is 1. The zero-order valence-electron chi connectivity index (χ0n) is 22.6. The average Bonchev–Trinajstić information content (AvgIpc) is 3.33. The van der Waals surface area contributed by atoms with E-state index >= 15 is 0 Å². The predicted molar refractivity (Wildman–Crippen MR) is 142 cm³/mol. The quantitative estimate of drug-likeness (QED) is 0.368. The molecule has 3 aromatic heterocycles. The van der Waals surface area contributed by atoms with E-state index in [4.69, 9.17) is 9.47 Å². The zero-order valence-corrected chi connectivity index (χ0v) is 22.6. The maximum absolute atomic E-state index is 12.9. The van der Waals surface area contributed by atoms with Crippen molar-refractivity contribution in [2.45, 2.75) is 65.0 Å². The largest absolute Gasteiger partial charge is 0.461 e. The molecule has 0 bridgehead atoms. The summed E-state index contributed by atoms with van der Waals surface area (Å²) in [5, 5.41) is 14.1. The third-order valence-electron chi connectivity index (χ3n) is 6.43. The highest BCUT2D eigenvalue weighted by atomic mass is 16.5. The van der Waals surface area contributed by atoms with Crippen LogP contribution in [-0.2, 0) is 4.74 Å². The highest BCUT2D eigenvalue weighted by Gasteiger charge is 2.28. The third-order valence-corrected chi connectivity index (χ3v) is 6.43. The molecule has 1 fully saturated rings. The lowest BCUT2D eigenvalue weighted by molar-refractivity contribution is 0.0405. The fourth-order valence-electron chi connectivity index (χ4n) is 4.01. The number of fused-ring (bicyclic) bond motifs is 1. The number of piperidine rings is 1. The number of pyridine rings is 1. The van der Waals surface area contributed by atoms with Crippen LogP contribution in [0.4, 0.5) is 5.95 Å². The van der Waals surface area contributed by atoms with Gasteiger partial charge in [0, 0.05) is 38.0 Å². The van der Waals surface area contributed by atoms with Gasteiger partial charge in [0.05, 0.1) is 18.2 Å². The maximum atomic E-state index is 12.9. The first-order chi connectivity index (χ1) is 17.8. The molecule has 1 atom stereocenters. The number of H-pyrrole nitrogens is 1. The van der Waals surface area contributed by atoms with Gasteiger partial charge in [-0.15, -0.1) is 0 Å². The number of ether oxygens (including phenoxy) is 2. The Bertz CT molecular complexity index is 1150. The van der Waals surface area contributed by atoms with Crippen molar-refractivity contribution < 1.29 is 19.4 Å². The summed E-state index contributed by atoms with van der Waals surface area (Å²) in [6.45, 7) is 11.0. The molecular formula is C26H39N7O4. The zero-order chi connectivity index (χ0) is 27.0. The minimum atomic E-state index is -1.09. The molecule has 1 aliphatic rings. The summed E-state index contributed by atoms with van der Waals surface area (Å²) in [7, 11) is 1.58. The van der Waals surface area contributed by atoms with Gasteiger partial charge in [0.15, 0.2) is 0 Å². The summed E-state index contributed by atoms with van der Waals surface area (Å²) in [6.07, 6.45) is 5.65. The summed E-state index contributed by atoms with van der Waals surface area (Å²) in [5.74, 6) is 0.232. The molecule has 11 heteroatoms.